The van der Waals surface area contributed by atoms with E-state index in [1.165, 1.54) is 6.92 Å². The number of nitrogens with one attached hydrogen (secondary N) is 1. The molecule has 0 spiro atoms. The van der Waals surface area contributed by atoms with Gasteiger partial charge in [-0.15, -0.1) is 0 Å². The van der Waals surface area contributed by atoms with Gasteiger partial charge >= 0.3 is 6.18 Å². The predicted octanol–water partition coefficient (Wildman–Crippen LogP) is 1.54. The van der Waals surface area contributed by atoms with E-state index < -0.39 is 11.9 Å². The monoisotopic (exact) mass is 149 g/mol. The van der Waals surface area contributed by atoms with Crippen molar-refractivity contribution in [2.75, 3.05) is 0 Å². The van der Waals surface area contributed by atoms with E-state index >= 15 is 0 Å². The van der Waals surface area contributed by atoms with Crippen molar-refractivity contribution in [2.45, 2.75) is 13.1 Å². The molecule has 2 nitrogen and oxygen atoms in total. The van der Waals surface area contributed by atoms with Gasteiger partial charge in [-0.05, 0) is 6.92 Å². The zero-order chi connectivity index (χ0) is 7.78. The van der Waals surface area contributed by atoms with Crippen LogP contribution in [0.2, 0.25) is 0 Å². The summed E-state index contributed by atoms with van der Waals surface area (Å²) in [7, 11) is 0. The maximum absolute atomic E-state index is 11.7. The Labute approximate surface area is 55.1 Å². The van der Waals surface area contributed by atoms with E-state index in [9.17, 15) is 13.2 Å². The fourth-order valence-electron chi connectivity index (χ4n) is 0.508. The van der Waals surface area contributed by atoms with Gasteiger partial charge in [0.2, 0.25) is 0 Å². The van der Waals surface area contributed by atoms with E-state index in [1.807, 2.05) is 6.07 Å². The van der Waals surface area contributed by atoms with Crippen LogP contribution in [-0.4, -0.2) is 10.2 Å². The van der Waals surface area contributed by atoms with Gasteiger partial charge < -0.3 is 0 Å². The molecule has 1 heterocycles. The number of halogens is 3. The maximum atomic E-state index is 11.7. The van der Waals surface area contributed by atoms with Crippen LogP contribution in [0.1, 0.15) is 11.4 Å². The topological polar surface area (TPSA) is 28.7 Å². The Kier molecular flexibility index (Phi) is 1.42. The van der Waals surface area contributed by atoms with Crippen LogP contribution in [0.5, 0.6) is 0 Å². The zero-order valence-corrected chi connectivity index (χ0v) is 5.08. The minimum atomic E-state index is -4.38. The fraction of sp³-hybridized carbons (Fsp3) is 0.400. The Morgan fingerprint density at radius 2 is 2.10 bits per heavy atom. The molecule has 0 fully saturated rings. The number of aromatic nitrogens is 2. The lowest BCUT2D eigenvalue weighted by Crippen LogP contribution is -2.05. The second-order valence-electron chi connectivity index (χ2n) is 1.82. The molecular weight excluding hydrogens is 145 g/mol. The van der Waals surface area contributed by atoms with Gasteiger partial charge in [-0.2, -0.15) is 18.3 Å². The highest BCUT2D eigenvalue weighted by Crippen LogP contribution is 2.26. The Morgan fingerprint density at radius 1 is 1.50 bits per heavy atom. The summed E-state index contributed by atoms with van der Waals surface area (Å²) in [6.45, 7) is 1.46. The molecule has 0 atom stereocenters. The van der Waals surface area contributed by atoms with E-state index in [2.05, 4.69) is 10.2 Å². The van der Waals surface area contributed by atoms with E-state index in [-0.39, 0.29) is 5.69 Å². The van der Waals surface area contributed by atoms with Crippen molar-refractivity contribution in [2.24, 2.45) is 0 Å². The van der Waals surface area contributed by atoms with E-state index in [1.54, 1.807) is 0 Å². The molecule has 1 radical (unpaired) electrons. The van der Waals surface area contributed by atoms with E-state index in [4.69, 9.17) is 0 Å². The molecule has 1 aromatic rings. The van der Waals surface area contributed by atoms with Crippen molar-refractivity contribution < 1.29 is 13.2 Å². The lowest BCUT2D eigenvalue weighted by Gasteiger charge is -1.97. The van der Waals surface area contributed by atoms with Gasteiger partial charge in [-0.25, -0.2) is 0 Å². The highest BCUT2D eigenvalue weighted by Gasteiger charge is 2.33. The van der Waals surface area contributed by atoms with Crippen LogP contribution in [0.4, 0.5) is 13.2 Å². The first kappa shape index (κ1) is 7.11. The molecule has 0 aromatic carbocycles. The summed E-state index contributed by atoms with van der Waals surface area (Å²) < 4.78 is 35.1. The summed E-state index contributed by atoms with van der Waals surface area (Å²) in [4.78, 5) is 0. The Morgan fingerprint density at radius 3 is 2.30 bits per heavy atom. The molecule has 0 amide bonds. The Balaban J connectivity index is 2.96. The third-order valence-electron chi connectivity index (χ3n) is 0.910. The second-order valence-corrected chi connectivity index (χ2v) is 1.82. The molecule has 0 aliphatic carbocycles. The number of aromatic amines is 1. The largest absolute Gasteiger partial charge is 0.435 e. The average Bonchev–Trinajstić information content (AvgIpc) is 2.11. The normalized spacial score (nSPS) is 12.0. The average molecular weight is 149 g/mol. The number of H-pyrrole nitrogens is 1. The predicted molar refractivity (Wildman–Crippen MR) is 27.2 cm³/mol. The molecule has 0 aliphatic rings. The quantitative estimate of drug-likeness (QED) is 0.595. The van der Waals surface area contributed by atoms with Crippen LogP contribution in [0, 0.1) is 13.0 Å². The van der Waals surface area contributed by atoms with Gasteiger partial charge in [-0.3, -0.25) is 5.10 Å². The summed E-state index contributed by atoms with van der Waals surface area (Å²) in [5.74, 6) is 0. The molecule has 0 unspecified atom stereocenters. The van der Waals surface area contributed by atoms with Gasteiger partial charge in [-0.1, -0.05) is 0 Å². The summed E-state index contributed by atoms with van der Waals surface area (Å²) >= 11 is 0. The van der Waals surface area contributed by atoms with Crippen LogP contribution in [0.25, 0.3) is 0 Å². The van der Waals surface area contributed by atoms with E-state index in [0.29, 0.717) is 0 Å². The first-order valence-corrected chi connectivity index (χ1v) is 2.51. The number of hydrogen-bond acceptors (Lipinski definition) is 1. The first-order valence-electron chi connectivity index (χ1n) is 2.51. The van der Waals surface area contributed by atoms with Gasteiger partial charge in [0.1, 0.15) is 0 Å². The molecule has 1 rings (SSSR count). The highest BCUT2D eigenvalue weighted by atomic mass is 19.4. The molecule has 5 heteroatoms. The minimum Gasteiger partial charge on any atom is -0.282 e. The summed E-state index contributed by atoms with van der Waals surface area (Å²) in [5, 5.41) is 5.13. The number of alkyl halides is 3. The number of aryl methyl sites for hydroxylation is 1. The molecule has 1 aromatic heterocycles. The Bertz CT molecular complexity index is 225. The molecule has 1 N–H and O–H groups in total. The van der Waals surface area contributed by atoms with Crippen LogP contribution in [-0.2, 0) is 6.18 Å². The smallest absolute Gasteiger partial charge is 0.282 e. The molecule has 0 saturated carbocycles. The van der Waals surface area contributed by atoms with Gasteiger partial charge in [0.15, 0.2) is 5.69 Å². The van der Waals surface area contributed by atoms with Crippen molar-refractivity contribution in [1.29, 1.82) is 0 Å². The van der Waals surface area contributed by atoms with Crippen molar-refractivity contribution in [3.05, 3.63) is 17.5 Å². The van der Waals surface area contributed by atoms with Gasteiger partial charge in [0.05, 0.1) is 0 Å². The fourth-order valence-corrected chi connectivity index (χ4v) is 0.508. The van der Waals surface area contributed by atoms with E-state index in [0.717, 1.165) is 0 Å². The highest BCUT2D eigenvalue weighted by molar-refractivity contribution is 5.07. The van der Waals surface area contributed by atoms with Crippen LogP contribution in [0.3, 0.4) is 0 Å². The summed E-state index contributed by atoms with van der Waals surface area (Å²) in [6.07, 6.45) is -4.38. The maximum Gasteiger partial charge on any atom is 0.435 e. The number of hydrogen-bond donors (Lipinski definition) is 1. The van der Waals surface area contributed by atoms with Crippen molar-refractivity contribution in [3.63, 3.8) is 0 Å². The first-order chi connectivity index (χ1) is 4.50. The SMILES string of the molecule is Cc1[c]c(C(F)(F)F)n[nH]1. The number of nitrogens with zero attached hydrogens (tertiary/aromatic N) is 1. The summed E-state index contributed by atoms with van der Waals surface area (Å²) in [5.41, 5.74) is -0.711. The van der Waals surface area contributed by atoms with Crippen LogP contribution in [0.15, 0.2) is 0 Å². The summed E-state index contributed by atoms with van der Waals surface area (Å²) in [6, 6.07) is 2.02. The van der Waals surface area contributed by atoms with Crippen molar-refractivity contribution in [3.8, 4) is 0 Å². The zero-order valence-electron chi connectivity index (χ0n) is 5.08. The molecule has 0 saturated heterocycles. The Hall–Kier alpha value is -1.00. The molecule has 55 valence electrons. The molecule has 10 heavy (non-hydrogen) atoms. The molecule has 0 aliphatic heterocycles. The third kappa shape index (κ3) is 1.29. The van der Waals surface area contributed by atoms with Gasteiger partial charge in [0, 0.05) is 11.8 Å². The number of rotatable bonds is 0. The van der Waals surface area contributed by atoms with Crippen molar-refractivity contribution >= 4 is 0 Å². The molecule has 0 bridgehead atoms. The second kappa shape index (κ2) is 2.00. The van der Waals surface area contributed by atoms with Gasteiger partial charge in [0.25, 0.3) is 0 Å². The van der Waals surface area contributed by atoms with Crippen LogP contribution >= 0.6 is 0 Å². The lowest BCUT2D eigenvalue weighted by atomic mass is 10.4. The molecular formula is C5H4F3N2. The van der Waals surface area contributed by atoms with Crippen molar-refractivity contribution in [1.82, 2.24) is 10.2 Å². The van der Waals surface area contributed by atoms with Crippen LogP contribution < -0.4 is 0 Å². The minimum absolute atomic E-state index is 0.285. The third-order valence-corrected chi connectivity index (χ3v) is 0.910. The standard InChI is InChI=1S/C5H4F3N2/c1-3-2-4(10-9-3)5(6,7)8/h1H3,(H,9,10). The lowest BCUT2D eigenvalue weighted by molar-refractivity contribution is -0.141.